The molecule has 1 N–H and O–H groups in total. The highest BCUT2D eigenvalue weighted by molar-refractivity contribution is 9.10. The molecule has 6 heteroatoms. The lowest BCUT2D eigenvalue weighted by Gasteiger charge is -2.08. The molecule has 0 aliphatic carbocycles. The van der Waals surface area contributed by atoms with Gasteiger partial charge in [-0.1, -0.05) is 0 Å². The number of halogens is 1. The van der Waals surface area contributed by atoms with Gasteiger partial charge in [-0.2, -0.15) is 0 Å². The molecule has 0 bridgehead atoms. The zero-order valence-electron chi connectivity index (χ0n) is 11.1. The Morgan fingerprint density at radius 2 is 1.85 bits per heavy atom. The molecule has 0 spiro atoms. The molecule has 106 valence electrons. The maximum Gasteiger partial charge on any atom is 0.251 e. The Kier molecular flexibility index (Phi) is 5.03. The lowest BCUT2D eigenvalue weighted by Crippen LogP contribution is -2.22. The summed E-state index contributed by atoms with van der Waals surface area (Å²) in [6, 6.07) is 7.08. The molecule has 20 heavy (non-hydrogen) atoms. The number of carbonyl (C=O) groups is 1. The third kappa shape index (κ3) is 3.74. The quantitative estimate of drug-likeness (QED) is 0.893. The first-order valence-electron chi connectivity index (χ1n) is 5.86. The fourth-order valence-electron chi connectivity index (χ4n) is 1.65. The number of hydrogen-bond donors (Lipinski definition) is 1. The smallest absolute Gasteiger partial charge is 0.251 e. The Morgan fingerprint density at radius 3 is 2.35 bits per heavy atom. The van der Waals surface area contributed by atoms with Crippen LogP contribution in [0, 0.1) is 0 Å². The highest BCUT2D eigenvalue weighted by atomic mass is 79.9. The van der Waals surface area contributed by atoms with E-state index in [0.717, 1.165) is 9.35 Å². The van der Waals surface area contributed by atoms with Gasteiger partial charge in [0.05, 0.1) is 20.8 Å². The van der Waals surface area contributed by atoms with Crippen molar-refractivity contribution in [3.8, 4) is 11.5 Å². The minimum atomic E-state index is -0.160. The summed E-state index contributed by atoms with van der Waals surface area (Å²) in [6.07, 6.45) is 0. The van der Waals surface area contributed by atoms with Crippen LogP contribution in [0.25, 0.3) is 0 Å². The van der Waals surface area contributed by atoms with Crippen LogP contribution in [0.1, 0.15) is 15.2 Å². The van der Waals surface area contributed by atoms with Gasteiger partial charge in [0, 0.05) is 26.4 Å². The van der Waals surface area contributed by atoms with Crippen molar-refractivity contribution in [3.05, 3.63) is 44.6 Å². The average Bonchev–Trinajstić information content (AvgIpc) is 2.89. The van der Waals surface area contributed by atoms with Gasteiger partial charge in [-0.05, 0) is 34.1 Å². The van der Waals surface area contributed by atoms with Crippen molar-refractivity contribution in [2.45, 2.75) is 6.54 Å². The number of amides is 1. The first-order valence-corrected chi connectivity index (χ1v) is 7.54. The summed E-state index contributed by atoms with van der Waals surface area (Å²) in [5.41, 5.74) is 0.511. The third-order valence-electron chi connectivity index (χ3n) is 2.66. The normalized spacial score (nSPS) is 10.2. The molecule has 1 amide bonds. The van der Waals surface area contributed by atoms with Crippen LogP contribution in [0.4, 0.5) is 0 Å². The predicted octanol–water partition coefficient (Wildman–Crippen LogP) is 3.46. The molecule has 2 aromatic rings. The lowest BCUT2D eigenvalue weighted by atomic mass is 10.2. The molecule has 2 rings (SSSR count). The molecule has 0 aliphatic rings. The van der Waals surface area contributed by atoms with Gasteiger partial charge in [0.15, 0.2) is 0 Å². The van der Waals surface area contributed by atoms with E-state index in [0.29, 0.717) is 23.6 Å². The van der Waals surface area contributed by atoms with Crippen molar-refractivity contribution in [2.75, 3.05) is 14.2 Å². The van der Waals surface area contributed by atoms with Crippen molar-refractivity contribution >= 4 is 33.2 Å². The second kappa shape index (κ2) is 6.76. The number of hydrogen-bond acceptors (Lipinski definition) is 4. The predicted molar refractivity (Wildman–Crippen MR) is 82.7 cm³/mol. The highest BCUT2D eigenvalue weighted by Crippen LogP contribution is 2.23. The lowest BCUT2D eigenvalue weighted by molar-refractivity contribution is 0.0950. The fraction of sp³-hybridized carbons (Fsp3) is 0.214. The van der Waals surface area contributed by atoms with Crippen LogP contribution in [-0.2, 0) is 6.54 Å². The second-order valence-electron chi connectivity index (χ2n) is 4.02. The molecule has 4 nitrogen and oxygen atoms in total. The summed E-state index contributed by atoms with van der Waals surface area (Å²) < 4.78 is 11.3. The Labute approximate surface area is 129 Å². The van der Waals surface area contributed by atoms with E-state index in [4.69, 9.17) is 9.47 Å². The molecule has 0 fully saturated rings. The number of thiophene rings is 1. The topological polar surface area (TPSA) is 47.6 Å². The molecule has 1 aromatic carbocycles. The molecule has 1 heterocycles. The van der Waals surface area contributed by atoms with E-state index in [9.17, 15) is 4.79 Å². The Balaban J connectivity index is 2.08. The van der Waals surface area contributed by atoms with E-state index in [2.05, 4.69) is 21.2 Å². The van der Waals surface area contributed by atoms with E-state index >= 15 is 0 Å². The Bertz CT molecular complexity index is 590. The van der Waals surface area contributed by atoms with E-state index < -0.39 is 0 Å². The molecule has 1 aromatic heterocycles. The minimum absolute atomic E-state index is 0.160. The molecular formula is C14H14BrNO3S. The summed E-state index contributed by atoms with van der Waals surface area (Å²) in [4.78, 5) is 13.2. The summed E-state index contributed by atoms with van der Waals surface area (Å²) >= 11 is 4.98. The van der Waals surface area contributed by atoms with Gasteiger partial charge in [0.25, 0.3) is 5.91 Å². The van der Waals surface area contributed by atoms with Gasteiger partial charge in [0.2, 0.25) is 0 Å². The van der Waals surface area contributed by atoms with Crippen LogP contribution in [0.2, 0.25) is 0 Å². The molecule has 0 saturated carbocycles. The number of nitrogens with one attached hydrogen (secondary N) is 1. The first-order chi connectivity index (χ1) is 9.62. The maximum atomic E-state index is 12.1. The number of rotatable bonds is 5. The second-order valence-corrected chi connectivity index (χ2v) is 5.93. The summed E-state index contributed by atoms with van der Waals surface area (Å²) in [6.45, 7) is 0.495. The summed E-state index contributed by atoms with van der Waals surface area (Å²) in [5.74, 6) is 1.02. The Morgan fingerprint density at radius 1 is 1.20 bits per heavy atom. The molecular weight excluding hydrogens is 342 g/mol. The van der Waals surface area contributed by atoms with E-state index in [1.165, 1.54) is 0 Å². The SMILES string of the molecule is COc1cc(OC)cc(C(=O)NCc2cc(Br)cs2)c1. The number of carbonyl (C=O) groups excluding carboxylic acids is 1. The zero-order valence-corrected chi connectivity index (χ0v) is 13.5. The van der Waals surface area contributed by atoms with Crippen LogP contribution in [0.5, 0.6) is 11.5 Å². The monoisotopic (exact) mass is 355 g/mol. The number of ether oxygens (including phenoxy) is 2. The minimum Gasteiger partial charge on any atom is -0.497 e. The van der Waals surface area contributed by atoms with Crippen LogP contribution in [-0.4, -0.2) is 20.1 Å². The fourth-order valence-corrected chi connectivity index (χ4v) is 3.05. The molecule has 0 atom stereocenters. The maximum absolute atomic E-state index is 12.1. The largest absolute Gasteiger partial charge is 0.497 e. The van der Waals surface area contributed by atoms with Crippen LogP contribution < -0.4 is 14.8 Å². The first kappa shape index (κ1) is 14.9. The van der Waals surface area contributed by atoms with Gasteiger partial charge in [-0.3, -0.25) is 4.79 Å². The van der Waals surface area contributed by atoms with E-state index in [-0.39, 0.29) is 5.91 Å². The van der Waals surface area contributed by atoms with Crippen molar-refractivity contribution in [1.29, 1.82) is 0 Å². The van der Waals surface area contributed by atoms with E-state index in [1.54, 1.807) is 43.8 Å². The van der Waals surface area contributed by atoms with Crippen LogP contribution in [0.3, 0.4) is 0 Å². The number of methoxy groups -OCH3 is 2. The molecule has 0 unspecified atom stereocenters. The van der Waals surface area contributed by atoms with E-state index in [1.807, 2.05) is 11.4 Å². The van der Waals surface area contributed by atoms with Crippen molar-refractivity contribution in [1.82, 2.24) is 5.32 Å². The van der Waals surface area contributed by atoms with Gasteiger partial charge < -0.3 is 14.8 Å². The summed E-state index contributed by atoms with van der Waals surface area (Å²) in [7, 11) is 3.11. The zero-order chi connectivity index (χ0) is 14.5. The van der Waals surface area contributed by atoms with Crippen molar-refractivity contribution in [3.63, 3.8) is 0 Å². The molecule has 0 aliphatic heterocycles. The van der Waals surface area contributed by atoms with Crippen molar-refractivity contribution in [2.24, 2.45) is 0 Å². The van der Waals surface area contributed by atoms with Gasteiger partial charge in [0.1, 0.15) is 11.5 Å². The molecule has 0 saturated heterocycles. The van der Waals surface area contributed by atoms with Gasteiger partial charge in [-0.15, -0.1) is 11.3 Å². The standard InChI is InChI=1S/C14H14BrNO3S/c1-18-11-3-9(4-12(6-11)19-2)14(17)16-7-13-5-10(15)8-20-13/h3-6,8H,7H2,1-2H3,(H,16,17). The number of benzene rings is 1. The Hall–Kier alpha value is -1.53. The van der Waals surface area contributed by atoms with Gasteiger partial charge in [-0.25, -0.2) is 0 Å². The van der Waals surface area contributed by atoms with Gasteiger partial charge >= 0.3 is 0 Å². The van der Waals surface area contributed by atoms with Crippen LogP contribution in [0.15, 0.2) is 34.1 Å². The highest BCUT2D eigenvalue weighted by Gasteiger charge is 2.10. The molecule has 0 radical (unpaired) electrons. The average molecular weight is 356 g/mol. The summed E-state index contributed by atoms with van der Waals surface area (Å²) in [5, 5.41) is 4.85. The van der Waals surface area contributed by atoms with Crippen molar-refractivity contribution < 1.29 is 14.3 Å². The van der Waals surface area contributed by atoms with Crippen LogP contribution >= 0.6 is 27.3 Å². The third-order valence-corrected chi connectivity index (χ3v) is 4.36.